The van der Waals surface area contributed by atoms with E-state index in [-0.39, 0.29) is 30.4 Å². The summed E-state index contributed by atoms with van der Waals surface area (Å²) >= 11 is 0. The lowest BCUT2D eigenvalue weighted by molar-refractivity contribution is -0.192. The van der Waals surface area contributed by atoms with Gasteiger partial charge in [0.2, 0.25) is 17.7 Å². The molecule has 4 fully saturated rings. The van der Waals surface area contributed by atoms with E-state index in [1.807, 2.05) is 70.2 Å². The zero-order valence-corrected chi connectivity index (χ0v) is 36.6. The number of halogens is 3. The van der Waals surface area contributed by atoms with Gasteiger partial charge in [-0.1, -0.05) is 18.2 Å². The summed E-state index contributed by atoms with van der Waals surface area (Å²) in [6, 6.07) is 22.0. The quantitative estimate of drug-likeness (QED) is 0.164. The Balaban J connectivity index is 0.000000767. The largest absolute Gasteiger partial charge is 0.490 e. The van der Waals surface area contributed by atoms with Gasteiger partial charge in [0.05, 0.1) is 22.6 Å². The minimum atomic E-state index is -5.08. The molecule has 0 bridgehead atoms. The molecule has 0 saturated carbocycles. The summed E-state index contributed by atoms with van der Waals surface area (Å²) in [5.74, 6) is -2.46. The molecule has 2 unspecified atom stereocenters. The predicted molar refractivity (Wildman–Crippen MR) is 238 cm³/mol. The maximum absolute atomic E-state index is 13.8. The molecule has 7 heterocycles. The number of piperidine rings is 3. The van der Waals surface area contributed by atoms with Crippen LogP contribution >= 0.6 is 0 Å². The molecule has 3 aromatic carbocycles. The van der Waals surface area contributed by atoms with Crippen LogP contribution in [0.3, 0.4) is 0 Å². The third-order valence-corrected chi connectivity index (χ3v) is 13.2. The third kappa shape index (κ3) is 9.29. The fraction of sp³-hybridized carbons (Fsp3) is 0.383. The van der Waals surface area contributed by atoms with Crippen LogP contribution < -0.4 is 20.7 Å². The van der Waals surface area contributed by atoms with Gasteiger partial charge in [0.15, 0.2) is 5.65 Å². The summed E-state index contributed by atoms with van der Waals surface area (Å²) in [7, 11) is 0. The Bertz CT molecular complexity index is 2770. The molecule has 18 nitrogen and oxygen atoms in total. The smallest absolute Gasteiger partial charge is 0.475 e. The van der Waals surface area contributed by atoms with Gasteiger partial charge < -0.3 is 25.4 Å². The van der Waals surface area contributed by atoms with Gasteiger partial charge in [0.1, 0.15) is 35.4 Å². The van der Waals surface area contributed by atoms with Gasteiger partial charge in [-0.25, -0.2) is 19.4 Å². The van der Waals surface area contributed by atoms with E-state index in [2.05, 4.69) is 25.1 Å². The number of likely N-dealkylation sites (tertiary alicyclic amines) is 2. The molecule has 0 radical (unpaired) electrons. The fourth-order valence-corrected chi connectivity index (χ4v) is 9.59. The SMILES string of the molecule is Nc1ncnc2c1c(-c1ccc(Oc3ccccc3)cc1)nn2C1CCCN(C(=O)CC2CCN(C3CN(c4ccc5c(c4)C(=O)N(C4CCC(=O)NC4=O)C5=O)C3)CC2)C1.O=C(O)C(F)(F)F. The second-order valence-electron chi connectivity index (χ2n) is 17.5. The monoisotopic (exact) mass is 936 g/mol. The van der Waals surface area contributed by atoms with E-state index >= 15 is 0 Å². The summed E-state index contributed by atoms with van der Waals surface area (Å²) < 4.78 is 39.7. The van der Waals surface area contributed by atoms with Crippen molar-refractivity contribution in [3.05, 3.63) is 90.3 Å². The summed E-state index contributed by atoms with van der Waals surface area (Å²) in [6.45, 7) is 4.70. The van der Waals surface area contributed by atoms with Gasteiger partial charge in [-0.15, -0.1) is 0 Å². The molecule has 21 heteroatoms. The van der Waals surface area contributed by atoms with E-state index < -0.39 is 41.8 Å². The minimum Gasteiger partial charge on any atom is -0.475 e. The van der Waals surface area contributed by atoms with Crippen molar-refractivity contribution in [3.63, 3.8) is 0 Å². The zero-order valence-electron chi connectivity index (χ0n) is 36.6. The number of carbonyl (C=O) groups is 6. The van der Waals surface area contributed by atoms with Crippen molar-refractivity contribution in [3.8, 4) is 22.8 Å². The third-order valence-electron chi connectivity index (χ3n) is 13.2. The van der Waals surface area contributed by atoms with Crippen LogP contribution in [0.1, 0.15) is 71.7 Å². The summed E-state index contributed by atoms with van der Waals surface area (Å²) in [5.41, 5.74) is 10.1. The van der Waals surface area contributed by atoms with Crippen LogP contribution in [0.4, 0.5) is 24.7 Å². The average Bonchev–Trinajstić information content (AvgIpc) is 3.82. The average molecular weight is 937 g/mol. The molecule has 2 atom stereocenters. The van der Waals surface area contributed by atoms with Crippen molar-refractivity contribution in [1.82, 2.24) is 39.8 Å². The number of aliphatic carboxylic acids is 1. The van der Waals surface area contributed by atoms with Gasteiger partial charge in [-0.2, -0.15) is 18.3 Å². The Hall–Kier alpha value is -7.42. The highest BCUT2D eigenvalue weighted by molar-refractivity contribution is 6.23. The summed E-state index contributed by atoms with van der Waals surface area (Å²) in [4.78, 5) is 89.9. The van der Waals surface area contributed by atoms with Crippen molar-refractivity contribution in [2.45, 2.75) is 69.2 Å². The van der Waals surface area contributed by atoms with Gasteiger partial charge in [-0.3, -0.25) is 39.1 Å². The number of nitrogens with one attached hydrogen (secondary N) is 1. The maximum Gasteiger partial charge on any atom is 0.490 e. The number of hydrogen-bond donors (Lipinski definition) is 3. The molecule has 5 aliphatic rings. The van der Waals surface area contributed by atoms with Crippen LogP contribution in [-0.2, 0) is 19.2 Å². The Morgan fingerprint density at radius 3 is 2.21 bits per heavy atom. The Morgan fingerprint density at radius 2 is 1.51 bits per heavy atom. The van der Waals surface area contributed by atoms with Crippen molar-refractivity contribution in [2.24, 2.45) is 5.92 Å². The molecule has 2 aromatic heterocycles. The number of rotatable bonds is 9. The summed E-state index contributed by atoms with van der Waals surface area (Å²) in [5, 5.41) is 15.1. The predicted octanol–water partition coefficient (Wildman–Crippen LogP) is 5.06. The highest BCUT2D eigenvalue weighted by Crippen LogP contribution is 2.37. The molecule has 68 heavy (non-hydrogen) atoms. The first-order chi connectivity index (χ1) is 32.6. The molecule has 354 valence electrons. The first-order valence-electron chi connectivity index (χ1n) is 22.4. The Labute approximate surface area is 386 Å². The molecule has 0 aliphatic carbocycles. The van der Waals surface area contributed by atoms with Crippen LogP contribution in [-0.4, -0.2) is 133 Å². The molecule has 5 aliphatic heterocycles. The number of benzene rings is 3. The number of nitrogen functional groups attached to an aromatic ring is 1. The molecular weight excluding hydrogens is 890 g/mol. The van der Waals surface area contributed by atoms with E-state index in [0.29, 0.717) is 58.8 Å². The first kappa shape index (κ1) is 45.7. The summed E-state index contributed by atoms with van der Waals surface area (Å²) in [6.07, 6.45) is 0.739. The maximum atomic E-state index is 13.8. The van der Waals surface area contributed by atoms with Crippen LogP contribution in [0.15, 0.2) is 79.1 Å². The lowest BCUT2D eigenvalue weighted by atomic mass is 9.90. The number of fused-ring (bicyclic) bond motifs is 2. The number of imide groups is 2. The normalized spacial score (nSPS) is 20.4. The highest BCUT2D eigenvalue weighted by Gasteiger charge is 2.45. The number of nitrogens with two attached hydrogens (primary N) is 1. The van der Waals surface area contributed by atoms with Gasteiger partial charge >= 0.3 is 12.1 Å². The number of carbonyl (C=O) groups excluding carboxylic acids is 5. The number of anilines is 2. The number of amides is 5. The molecule has 0 spiro atoms. The first-order valence-corrected chi connectivity index (χ1v) is 22.4. The van der Waals surface area contributed by atoms with Gasteiger partial charge in [-0.05, 0) is 106 Å². The molecule has 5 aromatic rings. The van der Waals surface area contributed by atoms with Crippen LogP contribution in [0, 0.1) is 5.92 Å². The second-order valence-corrected chi connectivity index (χ2v) is 17.5. The fourth-order valence-electron chi connectivity index (χ4n) is 9.59. The Morgan fingerprint density at radius 1 is 0.824 bits per heavy atom. The second kappa shape index (κ2) is 18.7. The number of carboxylic acids is 1. The van der Waals surface area contributed by atoms with Crippen LogP contribution in [0.25, 0.3) is 22.3 Å². The van der Waals surface area contributed by atoms with E-state index in [9.17, 15) is 37.1 Å². The number of ether oxygens (including phenoxy) is 1. The topological polar surface area (TPSA) is 226 Å². The molecule has 5 amide bonds. The number of para-hydroxylation sites is 1. The highest BCUT2D eigenvalue weighted by atomic mass is 19.4. The van der Waals surface area contributed by atoms with Gasteiger partial charge in [0, 0.05) is 56.3 Å². The molecule has 10 rings (SSSR count). The Kier molecular flexibility index (Phi) is 12.6. The number of alkyl halides is 3. The van der Waals surface area contributed by atoms with E-state index in [1.165, 1.54) is 6.33 Å². The number of hydrogen-bond acceptors (Lipinski definition) is 13. The minimum absolute atomic E-state index is 0.0547. The number of nitrogens with zero attached hydrogens (tertiary/aromatic N) is 8. The van der Waals surface area contributed by atoms with Crippen molar-refractivity contribution >= 4 is 58.0 Å². The standard InChI is InChI=1S/C45H46N10O6.C2HF3O2/c46-41-39-40(28-8-11-33(12-9-28)61-32-6-2-1-3-7-32)50-55(42(39)48-26-47-41)30-5-4-18-52(23-30)38(57)21-27-16-19-51(20-17-27)31-24-53(25-31)29-10-13-34-35(22-29)45(60)54(44(34)59)36-14-15-37(56)49-43(36)58;3-2(4,5)1(6)7/h1-3,6-13,22,26-27,30-31,36H,4-5,14-21,23-25H2,(H2,46,47,48)(H,49,56,58);(H,6,7). The van der Waals surface area contributed by atoms with E-state index in [1.54, 1.807) is 12.1 Å². The van der Waals surface area contributed by atoms with Crippen LogP contribution in [0.2, 0.25) is 0 Å². The zero-order chi connectivity index (χ0) is 47.9. The molecular formula is C47H47F3N10O8. The van der Waals surface area contributed by atoms with Crippen LogP contribution in [0.5, 0.6) is 11.5 Å². The number of aromatic nitrogens is 4. The lowest BCUT2D eigenvalue weighted by Gasteiger charge is -2.48. The van der Waals surface area contributed by atoms with E-state index in [4.69, 9.17) is 25.5 Å². The van der Waals surface area contributed by atoms with Crippen molar-refractivity contribution in [2.75, 3.05) is 49.9 Å². The van der Waals surface area contributed by atoms with Crippen molar-refractivity contribution in [1.29, 1.82) is 0 Å². The number of carboxylic acid groups (broad SMARTS) is 1. The molecule has 4 saturated heterocycles. The van der Waals surface area contributed by atoms with Crippen molar-refractivity contribution < 1.29 is 51.8 Å². The van der Waals surface area contributed by atoms with E-state index in [0.717, 1.165) is 80.3 Å². The lowest BCUT2D eigenvalue weighted by Crippen LogP contribution is -2.61. The van der Waals surface area contributed by atoms with Gasteiger partial charge in [0.25, 0.3) is 11.8 Å². The molecule has 4 N–H and O–H groups in total.